The van der Waals surface area contributed by atoms with E-state index in [2.05, 4.69) is 20.8 Å². The van der Waals surface area contributed by atoms with Crippen molar-refractivity contribution in [2.75, 3.05) is 0 Å². The number of ether oxygens (including phenoxy) is 2. The minimum atomic E-state index is -0.623. The molecular weight excluding hydrogens is 204 g/mol. The Morgan fingerprint density at radius 1 is 1.31 bits per heavy atom. The quantitative estimate of drug-likeness (QED) is 0.645. The average molecular weight is 226 g/mol. The maximum atomic E-state index is 11.6. The standard InChI is InChI=1S/C13H22O3/c1-8(2)11-6-5-9(3)7-13(11)15-10(4)12(14)16-13/h8-11H,5-7H2,1-4H3/t9-,10+,11+,13?/m1/s1. The summed E-state index contributed by atoms with van der Waals surface area (Å²) in [5.74, 6) is 0.596. The van der Waals surface area contributed by atoms with Crippen LogP contribution < -0.4 is 0 Å². The van der Waals surface area contributed by atoms with E-state index in [0.717, 1.165) is 12.8 Å². The molecule has 1 unspecified atom stereocenters. The summed E-state index contributed by atoms with van der Waals surface area (Å²) in [6.45, 7) is 8.36. The molecule has 2 aliphatic rings. The lowest BCUT2D eigenvalue weighted by Crippen LogP contribution is -2.46. The van der Waals surface area contributed by atoms with Crippen molar-refractivity contribution in [2.24, 2.45) is 17.8 Å². The van der Waals surface area contributed by atoms with Crippen molar-refractivity contribution in [2.45, 2.75) is 58.8 Å². The molecular formula is C13H22O3. The maximum absolute atomic E-state index is 11.6. The summed E-state index contributed by atoms with van der Waals surface area (Å²) >= 11 is 0. The molecule has 2 rings (SSSR count). The van der Waals surface area contributed by atoms with Gasteiger partial charge in [-0.25, -0.2) is 4.79 Å². The summed E-state index contributed by atoms with van der Waals surface area (Å²) in [5.41, 5.74) is 0. The van der Waals surface area contributed by atoms with Crippen LogP contribution in [-0.4, -0.2) is 17.9 Å². The number of carbonyl (C=O) groups excluding carboxylic acids is 1. The smallest absolute Gasteiger partial charge is 0.337 e. The van der Waals surface area contributed by atoms with Crippen LogP contribution in [-0.2, 0) is 14.3 Å². The van der Waals surface area contributed by atoms with Crippen molar-refractivity contribution in [3.8, 4) is 0 Å². The highest BCUT2D eigenvalue weighted by Gasteiger charge is 2.54. The molecule has 16 heavy (non-hydrogen) atoms. The molecule has 1 saturated heterocycles. The molecule has 0 bridgehead atoms. The molecule has 4 atom stereocenters. The van der Waals surface area contributed by atoms with Crippen molar-refractivity contribution in [1.82, 2.24) is 0 Å². The highest BCUT2D eigenvalue weighted by atomic mass is 16.8. The van der Waals surface area contributed by atoms with E-state index in [0.29, 0.717) is 17.8 Å². The predicted octanol–water partition coefficient (Wildman–Crippen LogP) is 2.74. The minimum absolute atomic E-state index is 0.195. The Balaban J connectivity index is 2.23. The van der Waals surface area contributed by atoms with Crippen LogP contribution in [0.4, 0.5) is 0 Å². The van der Waals surface area contributed by atoms with Gasteiger partial charge in [0.15, 0.2) is 6.10 Å². The van der Waals surface area contributed by atoms with Gasteiger partial charge in [0.1, 0.15) is 0 Å². The summed E-state index contributed by atoms with van der Waals surface area (Å²) < 4.78 is 11.5. The van der Waals surface area contributed by atoms with Gasteiger partial charge in [-0.2, -0.15) is 0 Å². The topological polar surface area (TPSA) is 35.5 Å². The zero-order valence-corrected chi connectivity index (χ0v) is 10.7. The third-order valence-electron chi connectivity index (χ3n) is 3.95. The first kappa shape index (κ1) is 11.9. The lowest BCUT2D eigenvalue weighted by Gasteiger charge is -2.43. The first-order chi connectivity index (χ1) is 7.44. The second-order valence-electron chi connectivity index (χ2n) is 5.73. The molecule has 3 heteroatoms. The Morgan fingerprint density at radius 2 is 2.00 bits per heavy atom. The van der Waals surface area contributed by atoms with Crippen molar-refractivity contribution >= 4 is 5.97 Å². The summed E-state index contributed by atoms with van der Waals surface area (Å²) in [4.78, 5) is 11.6. The number of esters is 1. The molecule has 0 aromatic rings. The molecule has 1 aliphatic heterocycles. The fourth-order valence-corrected chi connectivity index (χ4v) is 3.14. The molecule has 0 N–H and O–H groups in total. The van der Waals surface area contributed by atoms with E-state index in [-0.39, 0.29) is 5.97 Å². The van der Waals surface area contributed by atoms with E-state index >= 15 is 0 Å². The third kappa shape index (κ3) is 1.86. The molecule has 0 radical (unpaired) electrons. The normalized spacial score (nSPS) is 44.1. The third-order valence-corrected chi connectivity index (χ3v) is 3.95. The molecule has 3 nitrogen and oxygen atoms in total. The van der Waals surface area contributed by atoms with Gasteiger partial charge < -0.3 is 9.47 Å². The monoisotopic (exact) mass is 226 g/mol. The molecule has 0 aromatic carbocycles. The fraction of sp³-hybridized carbons (Fsp3) is 0.923. The van der Waals surface area contributed by atoms with Crippen molar-refractivity contribution < 1.29 is 14.3 Å². The van der Waals surface area contributed by atoms with Crippen LogP contribution in [0.2, 0.25) is 0 Å². The molecule has 1 saturated carbocycles. The van der Waals surface area contributed by atoms with Crippen LogP contribution >= 0.6 is 0 Å². The van der Waals surface area contributed by atoms with Crippen LogP contribution in [0, 0.1) is 17.8 Å². The van der Waals surface area contributed by atoms with Crippen LogP contribution in [0.15, 0.2) is 0 Å². The highest BCUT2D eigenvalue weighted by molar-refractivity contribution is 5.76. The summed E-state index contributed by atoms with van der Waals surface area (Å²) in [6, 6.07) is 0. The summed E-state index contributed by atoms with van der Waals surface area (Å²) in [5, 5.41) is 0. The lowest BCUT2D eigenvalue weighted by molar-refractivity contribution is -0.235. The first-order valence-corrected chi connectivity index (χ1v) is 6.35. The van der Waals surface area contributed by atoms with Crippen LogP contribution in [0.5, 0.6) is 0 Å². The van der Waals surface area contributed by atoms with Crippen LogP contribution in [0.25, 0.3) is 0 Å². The number of hydrogen-bond acceptors (Lipinski definition) is 3. The minimum Gasteiger partial charge on any atom is -0.431 e. The van der Waals surface area contributed by atoms with Crippen LogP contribution in [0.1, 0.15) is 47.0 Å². The highest BCUT2D eigenvalue weighted by Crippen LogP contribution is 2.47. The van der Waals surface area contributed by atoms with E-state index in [1.807, 2.05) is 0 Å². The zero-order chi connectivity index (χ0) is 11.9. The Hall–Kier alpha value is -0.570. The maximum Gasteiger partial charge on any atom is 0.337 e. The summed E-state index contributed by atoms with van der Waals surface area (Å²) in [7, 11) is 0. The SMILES string of the molecule is CC(C)[C@@H]1CC[C@@H](C)CC12OC(=O)[C@H](C)O2. The second-order valence-corrected chi connectivity index (χ2v) is 5.73. The number of hydrogen-bond donors (Lipinski definition) is 0. The molecule has 1 heterocycles. The molecule has 0 aromatic heterocycles. The fourth-order valence-electron chi connectivity index (χ4n) is 3.14. The van der Waals surface area contributed by atoms with Gasteiger partial charge in [-0.1, -0.05) is 20.8 Å². The Morgan fingerprint density at radius 3 is 2.50 bits per heavy atom. The summed E-state index contributed by atoms with van der Waals surface area (Å²) in [6.07, 6.45) is 2.76. The van der Waals surface area contributed by atoms with Gasteiger partial charge in [0.25, 0.3) is 0 Å². The number of carbonyl (C=O) groups is 1. The van der Waals surface area contributed by atoms with Gasteiger partial charge >= 0.3 is 5.97 Å². The Bertz CT molecular complexity index is 287. The molecule has 0 amide bonds. The molecule has 1 aliphatic carbocycles. The largest absolute Gasteiger partial charge is 0.431 e. The van der Waals surface area contributed by atoms with Crippen molar-refractivity contribution in [1.29, 1.82) is 0 Å². The lowest BCUT2D eigenvalue weighted by atomic mass is 9.73. The van der Waals surface area contributed by atoms with Gasteiger partial charge in [-0.3, -0.25) is 0 Å². The average Bonchev–Trinajstić information content (AvgIpc) is 2.41. The van der Waals surface area contributed by atoms with E-state index in [4.69, 9.17) is 9.47 Å². The zero-order valence-electron chi connectivity index (χ0n) is 10.7. The second kappa shape index (κ2) is 4.02. The van der Waals surface area contributed by atoms with Gasteiger partial charge in [-0.15, -0.1) is 0 Å². The predicted molar refractivity (Wildman–Crippen MR) is 60.7 cm³/mol. The molecule has 92 valence electrons. The van der Waals surface area contributed by atoms with E-state index in [9.17, 15) is 4.79 Å². The van der Waals surface area contributed by atoms with Gasteiger partial charge in [0, 0.05) is 12.3 Å². The van der Waals surface area contributed by atoms with E-state index < -0.39 is 11.9 Å². The molecule has 2 fully saturated rings. The van der Waals surface area contributed by atoms with Crippen LogP contribution in [0.3, 0.4) is 0 Å². The van der Waals surface area contributed by atoms with Gasteiger partial charge in [0.2, 0.25) is 5.79 Å². The Kier molecular flexibility index (Phi) is 2.99. The van der Waals surface area contributed by atoms with Gasteiger partial charge in [-0.05, 0) is 31.6 Å². The van der Waals surface area contributed by atoms with E-state index in [1.165, 1.54) is 6.42 Å². The van der Waals surface area contributed by atoms with Crippen molar-refractivity contribution in [3.05, 3.63) is 0 Å². The van der Waals surface area contributed by atoms with E-state index in [1.54, 1.807) is 6.92 Å². The van der Waals surface area contributed by atoms with Gasteiger partial charge in [0.05, 0.1) is 0 Å². The first-order valence-electron chi connectivity index (χ1n) is 6.35. The molecule has 1 spiro atoms. The Labute approximate surface area is 97.5 Å². The number of rotatable bonds is 1. The van der Waals surface area contributed by atoms with Crippen molar-refractivity contribution in [3.63, 3.8) is 0 Å².